The Hall–Kier alpha value is -3.55. The van der Waals surface area contributed by atoms with Gasteiger partial charge in [-0.2, -0.15) is 0 Å². The molecule has 1 saturated heterocycles. The van der Waals surface area contributed by atoms with Crippen LogP contribution in [0.25, 0.3) is 11.1 Å². The van der Waals surface area contributed by atoms with Crippen LogP contribution in [0.4, 0.5) is 9.18 Å². The fourth-order valence-electron chi connectivity index (χ4n) is 4.39. The zero-order valence-electron chi connectivity index (χ0n) is 24.6. The quantitative estimate of drug-likeness (QED) is 0.109. The number of rotatable bonds is 17. The molecule has 0 saturated carbocycles. The Labute approximate surface area is 243 Å². The molecule has 0 aromatic heterocycles. The predicted octanol–water partition coefficient (Wildman–Crippen LogP) is 7.84. The van der Waals surface area contributed by atoms with Crippen molar-refractivity contribution < 1.29 is 37.7 Å². The number of benzene rings is 2. The number of halogens is 1. The van der Waals surface area contributed by atoms with Crippen LogP contribution in [0, 0.1) is 11.2 Å². The van der Waals surface area contributed by atoms with Crippen LogP contribution in [0.3, 0.4) is 0 Å². The number of esters is 1. The lowest BCUT2D eigenvalue weighted by molar-refractivity contribution is -0.139. The number of carbonyl (C=O) groups is 2. The summed E-state index contributed by atoms with van der Waals surface area (Å²) in [4.78, 5) is 23.0. The van der Waals surface area contributed by atoms with Gasteiger partial charge < -0.3 is 23.7 Å². The third kappa shape index (κ3) is 10.4. The normalized spacial score (nSPS) is 14.1. The van der Waals surface area contributed by atoms with Gasteiger partial charge in [-0.05, 0) is 74.1 Å². The first-order valence-electron chi connectivity index (χ1n) is 14.5. The van der Waals surface area contributed by atoms with Gasteiger partial charge in [0, 0.05) is 5.57 Å². The molecule has 0 spiro atoms. The number of ether oxygens (including phenoxy) is 5. The molecule has 41 heavy (non-hydrogen) atoms. The first-order valence-corrected chi connectivity index (χ1v) is 14.5. The highest BCUT2D eigenvalue weighted by Crippen LogP contribution is 2.32. The van der Waals surface area contributed by atoms with Crippen molar-refractivity contribution in [3.63, 3.8) is 0 Å². The summed E-state index contributed by atoms with van der Waals surface area (Å²) in [7, 11) is 0. The van der Waals surface area contributed by atoms with E-state index in [-0.39, 0.29) is 32.2 Å². The van der Waals surface area contributed by atoms with Crippen LogP contribution in [-0.4, -0.2) is 45.2 Å². The van der Waals surface area contributed by atoms with Crippen LogP contribution in [0.15, 0.2) is 48.6 Å². The summed E-state index contributed by atoms with van der Waals surface area (Å²) < 4.78 is 42.1. The van der Waals surface area contributed by atoms with Crippen LogP contribution in [-0.2, 0) is 25.4 Å². The molecule has 0 aliphatic carbocycles. The molecule has 0 unspecified atom stereocenters. The lowest BCUT2D eigenvalue weighted by Crippen LogP contribution is -2.41. The van der Waals surface area contributed by atoms with Crippen molar-refractivity contribution in [1.82, 2.24) is 0 Å². The number of hydrogen-bond acceptors (Lipinski definition) is 7. The van der Waals surface area contributed by atoms with Gasteiger partial charge in [0.15, 0.2) is 11.6 Å². The molecule has 1 fully saturated rings. The Morgan fingerprint density at radius 1 is 0.927 bits per heavy atom. The van der Waals surface area contributed by atoms with E-state index in [4.69, 9.17) is 23.7 Å². The summed E-state index contributed by atoms with van der Waals surface area (Å²) in [6, 6.07) is 10.7. The van der Waals surface area contributed by atoms with Crippen molar-refractivity contribution in [1.29, 1.82) is 0 Å². The van der Waals surface area contributed by atoms with Crippen LogP contribution >= 0.6 is 0 Å². The lowest BCUT2D eigenvalue weighted by Gasteiger charge is -2.32. The van der Waals surface area contributed by atoms with Gasteiger partial charge in [-0.1, -0.05) is 57.7 Å². The Bertz CT molecular complexity index is 1170. The Morgan fingerprint density at radius 3 is 2.27 bits per heavy atom. The molecule has 0 bridgehead atoms. The first-order chi connectivity index (χ1) is 19.7. The van der Waals surface area contributed by atoms with Gasteiger partial charge in [-0.15, -0.1) is 0 Å². The van der Waals surface area contributed by atoms with Crippen molar-refractivity contribution in [3.8, 4) is 22.6 Å². The van der Waals surface area contributed by atoms with Gasteiger partial charge >= 0.3 is 12.1 Å². The van der Waals surface area contributed by atoms with Crippen molar-refractivity contribution in [2.75, 3.05) is 33.0 Å². The van der Waals surface area contributed by atoms with Gasteiger partial charge in [-0.3, -0.25) is 0 Å². The molecule has 2 aromatic carbocycles. The van der Waals surface area contributed by atoms with Crippen molar-refractivity contribution >= 4 is 12.1 Å². The highest BCUT2D eigenvalue weighted by Gasteiger charge is 2.34. The molecule has 7 nitrogen and oxygen atoms in total. The number of unbranched alkanes of at least 4 members (excludes halogenated alkanes) is 5. The fraction of sp³-hybridized carbons (Fsp3) is 0.515. The van der Waals surface area contributed by atoms with Gasteiger partial charge in [0.25, 0.3) is 0 Å². The summed E-state index contributed by atoms with van der Waals surface area (Å²) in [5, 5.41) is 0. The summed E-state index contributed by atoms with van der Waals surface area (Å²) >= 11 is 0. The van der Waals surface area contributed by atoms with Crippen LogP contribution < -0.4 is 9.47 Å². The third-order valence-corrected chi connectivity index (χ3v) is 6.91. The Morgan fingerprint density at radius 2 is 1.59 bits per heavy atom. The molecule has 0 radical (unpaired) electrons. The standard InChI is InChI=1S/C33H43FO7/c1-5-6-7-8-9-10-17-37-30-16-14-26(20-28(30)34)25-13-15-29(39-21-33(4)22-40-32(36)41-23-33)27(19-25)12-11-18-38-31(35)24(2)3/h13-16,19-20H,2,5-12,17-18,21-23H2,1,3-4H3. The molecule has 1 heterocycles. The molecular weight excluding hydrogens is 527 g/mol. The van der Waals surface area contributed by atoms with E-state index in [1.807, 2.05) is 31.2 Å². The van der Waals surface area contributed by atoms with Gasteiger partial charge in [0.1, 0.15) is 25.6 Å². The molecular formula is C33H43FO7. The summed E-state index contributed by atoms with van der Waals surface area (Å²) in [6.07, 6.45) is 7.32. The fourth-order valence-corrected chi connectivity index (χ4v) is 4.39. The van der Waals surface area contributed by atoms with Crippen molar-refractivity contribution in [2.24, 2.45) is 5.41 Å². The van der Waals surface area contributed by atoms with Crippen LogP contribution in [0.5, 0.6) is 11.5 Å². The van der Waals surface area contributed by atoms with Gasteiger partial charge in [-0.25, -0.2) is 14.0 Å². The first kappa shape index (κ1) is 32.0. The lowest BCUT2D eigenvalue weighted by atomic mass is 9.93. The van der Waals surface area contributed by atoms with E-state index in [0.29, 0.717) is 30.8 Å². The molecule has 2 aromatic rings. The Kier molecular flexibility index (Phi) is 12.5. The molecule has 0 atom stereocenters. The van der Waals surface area contributed by atoms with E-state index in [9.17, 15) is 14.0 Å². The summed E-state index contributed by atoms with van der Waals surface area (Å²) in [5.41, 5.74) is 2.29. The maximum atomic E-state index is 14.9. The van der Waals surface area contributed by atoms with E-state index in [1.165, 1.54) is 31.7 Å². The van der Waals surface area contributed by atoms with Crippen molar-refractivity contribution in [3.05, 3.63) is 59.9 Å². The van der Waals surface area contributed by atoms with E-state index >= 15 is 0 Å². The summed E-state index contributed by atoms with van der Waals surface area (Å²) in [6.45, 7) is 10.7. The van der Waals surface area contributed by atoms with Crippen molar-refractivity contribution in [2.45, 2.75) is 72.1 Å². The zero-order chi connectivity index (χ0) is 29.7. The molecule has 0 amide bonds. The average molecular weight is 571 g/mol. The number of carbonyl (C=O) groups excluding carboxylic acids is 2. The highest BCUT2D eigenvalue weighted by atomic mass is 19.1. The largest absolute Gasteiger partial charge is 0.508 e. The molecule has 0 N–H and O–H groups in total. The second kappa shape index (κ2) is 16.0. The molecule has 1 aliphatic rings. The zero-order valence-corrected chi connectivity index (χ0v) is 24.6. The van der Waals surface area contributed by atoms with Gasteiger partial charge in [0.05, 0.1) is 18.6 Å². The maximum Gasteiger partial charge on any atom is 0.508 e. The van der Waals surface area contributed by atoms with Crippen LogP contribution in [0.2, 0.25) is 0 Å². The summed E-state index contributed by atoms with van der Waals surface area (Å²) in [5.74, 6) is 0.0778. The maximum absolute atomic E-state index is 14.9. The smallest absolute Gasteiger partial charge is 0.492 e. The van der Waals surface area contributed by atoms with E-state index in [0.717, 1.165) is 29.5 Å². The molecule has 224 valence electrons. The SMILES string of the molecule is C=C(C)C(=O)OCCCc1cc(-c2ccc(OCCCCCCCC)c(F)c2)ccc1OCC1(C)COC(=O)OC1. The second-order valence-electron chi connectivity index (χ2n) is 11.0. The topological polar surface area (TPSA) is 80.3 Å². The highest BCUT2D eigenvalue weighted by molar-refractivity contribution is 5.86. The van der Waals surface area contributed by atoms with E-state index < -0.39 is 23.4 Å². The Balaban J connectivity index is 1.67. The second-order valence-corrected chi connectivity index (χ2v) is 11.0. The number of aryl methyl sites for hydroxylation is 1. The molecule has 1 aliphatic heterocycles. The third-order valence-electron chi connectivity index (χ3n) is 6.91. The number of hydrogen-bond donors (Lipinski definition) is 0. The molecule has 3 rings (SSSR count). The van der Waals surface area contributed by atoms with E-state index in [2.05, 4.69) is 13.5 Å². The number of cyclic esters (lactones) is 2. The minimum absolute atomic E-state index is 0.197. The monoisotopic (exact) mass is 570 g/mol. The predicted molar refractivity (Wildman–Crippen MR) is 156 cm³/mol. The minimum atomic E-state index is -0.678. The van der Waals surface area contributed by atoms with Gasteiger partial charge in [0.2, 0.25) is 0 Å². The van der Waals surface area contributed by atoms with E-state index in [1.54, 1.807) is 13.0 Å². The molecule has 8 heteroatoms. The minimum Gasteiger partial charge on any atom is -0.492 e. The average Bonchev–Trinajstić information content (AvgIpc) is 2.96. The van der Waals surface area contributed by atoms with Crippen LogP contribution in [0.1, 0.15) is 71.3 Å².